The van der Waals surface area contributed by atoms with Crippen LogP contribution in [0.25, 0.3) is 0 Å². The second kappa shape index (κ2) is 6.74. The number of carbonyl (C=O) groups is 1. The van der Waals surface area contributed by atoms with Crippen LogP contribution in [0.4, 0.5) is 5.82 Å². The van der Waals surface area contributed by atoms with E-state index in [-0.39, 0.29) is 18.1 Å². The van der Waals surface area contributed by atoms with E-state index in [9.17, 15) is 14.9 Å². The Kier molecular flexibility index (Phi) is 4.95. The third-order valence-corrected chi connectivity index (χ3v) is 3.92. The average molecular weight is 320 g/mol. The molecular formula is C15H20N4O4. The molecule has 0 aliphatic carbocycles. The third-order valence-electron chi connectivity index (χ3n) is 3.92. The van der Waals surface area contributed by atoms with Crippen LogP contribution < -0.4 is 0 Å². The minimum absolute atomic E-state index is 0.100. The maximum atomic E-state index is 12.6. The molecule has 2 rings (SSSR count). The van der Waals surface area contributed by atoms with Crippen molar-refractivity contribution in [2.45, 2.75) is 33.9 Å². The number of ketones is 1. The van der Waals surface area contributed by atoms with Crippen LogP contribution in [0.3, 0.4) is 0 Å². The van der Waals surface area contributed by atoms with Gasteiger partial charge in [0.15, 0.2) is 12.4 Å². The van der Waals surface area contributed by atoms with Gasteiger partial charge in [-0.3, -0.25) is 4.79 Å². The number of hydrogen-bond acceptors (Lipinski definition) is 5. The van der Waals surface area contributed by atoms with Gasteiger partial charge in [0.25, 0.3) is 0 Å². The zero-order chi connectivity index (χ0) is 17.1. The van der Waals surface area contributed by atoms with Crippen LogP contribution in [-0.4, -0.2) is 38.5 Å². The van der Waals surface area contributed by atoms with Gasteiger partial charge in [-0.1, -0.05) is 0 Å². The quantitative estimate of drug-likeness (QED) is 0.442. The molecule has 0 aliphatic heterocycles. The summed E-state index contributed by atoms with van der Waals surface area (Å²) in [5.74, 6) is 0.0910. The summed E-state index contributed by atoms with van der Waals surface area (Å²) in [4.78, 5) is 27.0. The van der Waals surface area contributed by atoms with E-state index in [1.54, 1.807) is 14.0 Å². The van der Waals surface area contributed by atoms with Gasteiger partial charge in [0.1, 0.15) is 6.20 Å². The zero-order valence-electron chi connectivity index (χ0n) is 13.7. The molecule has 0 unspecified atom stereocenters. The lowest BCUT2D eigenvalue weighted by Crippen LogP contribution is -2.15. The van der Waals surface area contributed by atoms with Crippen molar-refractivity contribution < 1.29 is 14.5 Å². The van der Waals surface area contributed by atoms with Gasteiger partial charge < -0.3 is 19.4 Å². The Hall–Kier alpha value is -2.48. The average Bonchev–Trinajstić information content (AvgIpc) is 2.98. The number of ether oxygens (including phenoxy) is 1. The highest BCUT2D eigenvalue weighted by molar-refractivity contribution is 5.97. The van der Waals surface area contributed by atoms with E-state index in [1.165, 1.54) is 10.8 Å². The van der Waals surface area contributed by atoms with Gasteiger partial charge in [-0.15, -0.1) is 0 Å². The maximum Gasteiger partial charge on any atom is 0.343 e. The van der Waals surface area contributed by atoms with Crippen molar-refractivity contribution in [1.82, 2.24) is 14.1 Å². The zero-order valence-corrected chi connectivity index (χ0v) is 13.7. The number of aryl methyl sites for hydroxylation is 2. The van der Waals surface area contributed by atoms with Crippen LogP contribution in [-0.2, 0) is 17.8 Å². The van der Waals surface area contributed by atoms with Crippen molar-refractivity contribution in [3.05, 3.63) is 45.2 Å². The molecule has 0 N–H and O–H groups in total. The van der Waals surface area contributed by atoms with E-state index in [2.05, 4.69) is 4.98 Å². The van der Waals surface area contributed by atoms with Crippen molar-refractivity contribution in [3.8, 4) is 0 Å². The monoisotopic (exact) mass is 320 g/mol. The fourth-order valence-corrected chi connectivity index (χ4v) is 2.64. The maximum absolute atomic E-state index is 12.6. The smallest absolute Gasteiger partial charge is 0.343 e. The second-order valence-corrected chi connectivity index (χ2v) is 5.36. The van der Waals surface area contributed by atoms with Gasteiger partial charge >= 0.3 is 5.82 Å². The molecule has 2 heterocycles. The fraction of sp³-hybridized carbons (Fsp3) is 0.467. The Labute approximate surface area is 133 Å². The molecule has 8 heteroatoms. The molecule has 0 aliphatic rings. The molecule has 2 aromatic heterocycles. The van der Waals surface area contributed by atoms with Crippen LogP contribution in [0, 0.1) is 30.9 Å². The van der Waals surface area contributed by atoms with Gasteiger partial charge in [-0.2, -0.15) is 0 Å². The Morgan fingerprint density at radius 2 is 2.04 bits per heavy atom. The van der Waals surface area contributed by atoms with Crippen LogP contribution in [0.1, 0.15) is 27.6 Å². The molecule has 2 aromatic rings. The molecule has 0 spiro atoms. The Morgan fingerprint density at radius 1 is 1.35 bits per heavy atom. The number of carbonyl (C=O) groups excluding carboxylic acids is 1. The van der Waals surface area contributed by atoms with Gasteiger partial charge in [-0.25, -0.2) is 9.55 Å². The summed E-state index contributed by atoms with van der Waals surface area (Å²) >= 11 is 0. The van der Waals surface area contributed by atoms with Crippen LogP contribution in [0.15, 0.2) is 12.3 Å². The Balaban J connectivity index is 2.29. The highest BCUT2D eigenvalue weighted by Gasteiger charge is 2.23. The van der Waals surface area contributed by atoms with E-state index in [0.29, 0.717) is 24.5 Å². The van der Waals surface area contributed by atoms with Gasteiger partial charge in [0.2, 0.25) is 5.78 Å². The number of aromatic nitrogens is 3. The van der Waals surface area contributed by atoms with E-state index in [1.807, 2.05) is 24.5 Å². The Morgan fingerprint density at radius 3 is 2.65 bits per heavy atom. The van der Waals surface area contributed by atoms with Crippen molar-refractivity contribution in [2.75, 3.05) is 13.7 Å². The first kappa shape index (κ1) is 16.9. The van der Waals surface area contributed by atoms with Crippen molar-refractivity contribution >= 4 is 11.6 Å². The molecule has 0 atom stereocenters. The molecule has 124 valence electrons. The lowest BCUT2D eigenvalue weighted by molar-refractivity contribution is -0.392. The molecule has 8 nitrogen and oxygen atoms in total. The molecular weight excluding hydrogens is 300 g/mol. The van der Waals surface area contributed by atoms with Crippen molar-refractivity contribution in [2.24, 2.45) is 0 Å². The molecule has 0 fully saturated rings. The van der Waals surface area contributed by atoms with E-state index in [4.69, 9.17) is 4.74 Å². The lowest BCUT2D eigenvalue weighted by atomic mass is 10.1. The molecule has 0 bridgehead atoms. The van der Waals surface area contributed by atoms with Gasteiger partial charge in [0.05, 0.1) is 6.61 Å². The molecule has 0 saturated heterocycles. The first-order valence-electron chi connectivity index (χ1n) is 7.22. The molecule has 0 saturated carbocycles. The lowest BCUT2D eigenvalue weighted by Gasteiger charge is -2.08. The summed E-state index contributed by atoms with van der Waals surface area (Å²) in [5, 5.41) is 11.0. The standard InChI is InChI=1S/C15H20N4O4/c1-10-7-13(11(2)17(10)5-6-23-4)14(20)9-18-12(3)16-8-15(18)19(21)22/h7-8H,5-6,9H2,1-4H3. The first-order chi connectivity index (χ1) is 10.9. The summed E-state index contributed by atoms with van der Waals surface area (Å²) < 4.78 is 8.40. The molecule has 23 heavy (non-hydrogen) atoms. The molecule has 0 radical (unpaired) electrons. The second-order valence-electron chi connectivity index (χ2n) is 5.36. The summed E-state index contributed by atoms with van der Waals surface area (Å²) in [5.41, 5.74) is 2.37. The summed E-state index contributed by atoms with van der Waals surface area (Å²) in [6.07, 6.45) is 1.17. The summed E-state index contributed by atoms with van der Waals surface area (Å²) in [6, 6.07) is 1.81. The topological polar surface area (TPSA) is 92.2 Å². The van der Waals surface area contributed by atoms with E-state index < -0.39 is 4.92 Å². The highest BCUT2D eigenvalue weighted by Crippen LogP contribution is 2.19. The first-order valence-corrected chi connectivity index (χ1v) is 7.22. The van der Waals surface area contributed by atoms with Crippen LogP contribution in [0.5, 0.6) is 0 Å². The largest absolute Gasteiger partial charge is 0.383 e. The van der Waals surface area contributed by atoms with Gasteiger partial charge in [0, 0.05) is 37.5 Å². The van der Waals surface area contributed by atoms with E-state index >= 15 is 0 Å². The van der Waals surface area contributed by atoms with E-state index in [0.717, 1.165) is 11.4 Å². The van der Waals surface area contributed by atoms with Crippen molar-refractivity contribution in [1.29, 1.82) is 0 Å². The number of imidazole rings is 1. The predicted octanol–water partition coefficient (Wildman–Crippen LogP) is 2.05. The molecule has 0 aromatic carbocycles. The number of methoxy groups -OCH3 is 1. The summed E-state index contributed by atoms with van der Waals surface area (Å²) in [6.45, 7) is 6.54. The number of Topliss-reactive ketones (excluding diaryl/α,β-unsaturated/α-hetero) is 1. The summed E-state index contributed by atoms with van der Waals surface area (Å²) in [7, 11) is 1.63. The number of rotatable bonds is 7. The predicted molar refractivity (Wildman–Crippen MR) is 83.7 cm³/mol. The Bertz CT molecular complexity index is 745. The minimum Gasteiger partial charge on any atom is -0.383 e. The van der Waals surface area contributed by atoms with Crippen molar-refractivity contribution in [3.63, 3.8) is 0 Å². The fourth-order valence-electron chi connectivity index (χ4n) is 2.64. The van der Waals surface area contributed by atoms with Gasteiger partial charge in [-0.05, 0) is 24.8 Å². The third kappa shape index (κ3) is 3.31. The number of nitrogens with zero attached hydrogens (tertiary/aromatic N) is 4. The number of hydrogen-bond donors (Lipinski definition) is 0. The SMILES string of the molecule is COCCn1c(C)cc(C(=O)Cn2c([N+](=O)[O-])cnc2C)c1C. The van der Waals surface area contributed by atoms with Crippen LogP contribution in [0.2, 0.25) is 0 Å². The van der Waals surface area contributed by atoms with Crippen LogP contribution >= 0.6 is 0 Å². The molecule has 0 amide bonds. The number of nitro groups is 1. The normalized spacial score (nSPS) is 11.0. The minimum atomic E-state index is -0.533. The highest BCUT2D eigenvalue weighted by atomic mass is 16.6.